The van der Waals surface area contributed by atoms with E-state index < -0.39 is 0 Å². The Bertz CT molecular complexity index is 275. The molecule has 2 aliphatic rings. The molecule has 2 saturated carbocycles. The van der Waals surface area contributed by atoms with Gasteiger partial charge in [-0.25, -0.2) is 0 Å². The van der Waals surface area contributed by atoms with Crippen LogP contribution in [-0.4, -0.2) is 12.6 Å². The Morgan fingerprint density at radius 3 is 2.10 bits per heavy atom. The smallest absolute Gasteiger partial charge is 0.00104 e. The van der Waals surface area contributed by atoms with E-state index in [1.54, 1.807) is 0 Å². The fourth-order valence-electron chi connectivity index (χ4n) is 5.06. The number of hydrogen-bond donors (Lipinski definition) is 1. The average molecular weight is 280 g/mol. The fourth-order valence-corrected chi connectivity index (χ4v) is 5.06. The summed E-state index contributed by atoms with van der Waals surface area (Å²) in [6.07, 6.45) is 8.88. The van der Waals surface area contributed by atoms with Gasteiger partial charge in [0.1, 0.15) is 0 Å². The number of nitrogens with one attached hydrogen (secondary N) is 1. The van der Waals surface area contributed by atoms with Gasteiger partial charge in [-0.05, 0) is 74.2 Å². The van der Waals surface area contributed by atoms with Gasteiger partial charge >= 0.3 is 0 Å². The molecule has 1 heteroatoms. The second kappa shape index (κ2) is 7.29. The molecule has 2 rings (SSSR count). The van der Waals surface area contributed by atoms with E-state index in [4.69, 9.17) is 0 Å². The SMILES string of the molecule is CC1CC(C)CC(C2CC(C)CCC2CNC(C)C)C1. The molecule has 0 amide bonds. The Labute approximate surface area is 127 Å². The quantitative estimate of drug-likeness (QED) is 0.754. The molecule has 0 aromatic rings. The summed E-state index contributed by atoms with van der Waals surface area (Å²) < 4.78 is 0. The van der Waals surface area contributed by atoms with Gasteiger partial charge in [0, 0.05) is 6.04 Å². The summed E-state index contributed by atoms with van der Waals surface area (Å²) in [4.78, 5) is 0. The molecule has 0 bridgehead atoms. The Hall–Kier alpha value is -0.0400. The standard InChI is InChI=1S/C19H37N/c1-13(2)20-12-17-7-6-14(3)11-19(17)18-9-15(4)8-16(5)10-18/h13-20H,6-12H2,1-5H3. The molecule has 1 N–H and O–H groups in total. The Kier molecular flexibility index (Phi) is 5.95. The topological polar surface area (TPSA) is 12.0 Å². The van der Waals surface area contributed by atoms with Crippen LogP contribution in [0.5, 0.6) is 0 Å². The summed E-state index contributed by atoms with van der Waals surface area (Å²) in [5, 5.41) is 3.72. The lowest BCUT2D eigenvalue weighted by Gasteiger charge is -2.44. The normalized spacial score (nSPS) is 42.9. The zero-order chi connectivity index (χ0) is 14.7. The molecule has 2 aliphatic carbocycles. The maximum atomic E-state index is 3.72. The van der Waals surface area contributed by atoms with Gasteiger partial charge in [-0.2, -0.15) is 0 Å². The number of hydrogen-bond acceptors (Lipinski definition) is 1. The fraction of sp³-hybridized carbons (Fsp3) is 1.00. The minimum absolute atomic E-state index is 0.638. The number of rotatable bonds is 4. The first-order valence-corrected chi connectivity index (χ1v) is 9.19. The van der Waals surface area contributed by atoms with Crippen molar-refractivity contribution in [2.75, 3.05) is 6.54 Å². The lowest BCUT2D eigenvalue weighted by Crippen LogP contribution is -2.40. The lowest BCUT2D eigenvalue weighted by atomic mass is 9.62. The minimum atomic E-state index is 0.638. The van der Waals surface area contributed by atoms with Crippen LogP contribution in [0.3, 0.4) is 0 Å². The van der Waals surface area contributed by atoms with Crippen molar-refractivity contribution in [3.8, 4) is 0 Å². The van der Waals surface area contributed by atoms with Crippen molar-refractivity contribution in [2.45, 2.75) is 79.2 Å². The van der Waals surface area contributed by atoms with Crippen LogP contribution < -0.4 is 5.32 Å². The highest BCUT2D eigenvalue weighted by molar-refractivity contribution is 4.88. The first-order chi connectivity index (χ1) is 9.45. The van der Waals surface area contributed by atoms with Crippen LogP contribution in [0.2, 0.25) is 0 Å². The van der Waals surface area contributed by atoms with Crippen molar-refractivity contribution in [3.63, 3.8) is 0 Å². The molecule has 5 unspecified atom stereocenters. The highest BCUT2D eigenvalue weighted by Crippen LogP contribution is 2.45. The molecule has 0 heterocycles. The van der Waals surface area contributed by atoms with Crippen LogP contribution >= 0.6 is 0 Å². The van der Waals surface area contributed by atoms with Gasteiger partial charge in [0.05, 0.1) is 0 Å². The zero-order valence-corrected chi connectivity index (χ0v) is 14.5. The maximum absolute atomic E-state index is 3.72. The summed E-state index contributed by atoms with van der Waals surface area (Å²) in [7, 11) is 0. The molecule has 0 radical (unpaired) electrons. The molecule has 20 heavy (non-hydrogen) atoms. The van der Waals surface area contributed by atoms with E-state index in [1.165, 1.54) is 45.1 Å². The van der Waals surface area contributed by atoms with E-state index in [9.17, 15) is 0 Å². The van der Waals surface area contributed by atoms with Gasteiger partial charge < -0.3 is 5.32 Å². The Morgan fingerprint density at radius 1 is 0.850 bits per heavy atom. The predicted molar refractivity (Wildman–Crippen MR) is 88.8 cm³/mol. The first kappa shape index (κ1) is 16.3. The van der Waals surface area contributed by atoms with E-state index in [0.717, 1.165) is 35.5 Å². The molecule has 0 spiro atoms. The van der Waals surface area contributed by atoms with Crippen LogP contribution in [0.4, 0.5) is 0 Å². The van der Waals surface area contributed by atoms with E-state index in [-0.39, 0.29) is 0 Å². The van der Waals surface area contributed by atoms with Crippen molar-refractivity contribution >= 4 is 0 Å². The van der Waals surface area contributed by atoms with Crippen LogP contribution in [0, 0.1) is 35.5 Å². The second-order valence-corrected chi connectivity index (χ2v) is 8.58. The van der Waals surface area contributed by atoms with Crippen LogP contribution in [-0.2, 0) is 0 Å². The van der Waals surface area contributed by atoms with Crippen molar-refractivity contribution in [1.29, 1.82) is 0 Å². The third-order valence-electron chi connectivity index (χ3n) is 5.92. The molecular formula is C19H37N. The third kappa shape index (κ3) is 4.48. The summed E-state index contributed by atoms with van der Waals surface area (Å²) in [6.45, 7) is 13.3. The Morgan fingerprint density at radius 2 is 1.50 bits per heavy atom. The highest BCUT2D eigenvalue weighted by Gasteiger charge is 2.37. The van der Waals surface area contributed by atoms with Crippen molar-refractivity contribution in [1.82, 2.24) is 5.32 Å². The Balaban J connectivity index is 1.99. The summed E-state index contributed by atoms with van der Waals surface area (Å²) in [5.74, 6) is 5.82. The summed E-state index contributed by atoms with van der Waals surface area (Å²) in [6, 6.07) is 0.638. The molecule has 118 valence electrons. The van der Waals surface area contributed by atoms with Gasteiger partial charge in [0.25, 0.3) is 0 Å². The summed E-state index contributed by atoms with van der Waals surface area (Å²) in [5.41, 5.74) is 0. The molecule has 1 nitrogen and oxygen atoms in total. The molecule has 0 saturated heterocycles. The van der Waals surface area contributed by atoms with Crippen LogP contribution in [0.25, 0.3) is 0 Å². The zero-order valence-electron chi connectivity index (χ0n) is 14.5. The molecule has 0 aromatic heterocycles. The van der Waals surface area contributed by atoms with E-state index in [1.807, 2.05) is 0 Å². The second-order valence-electron chi connectivity index (χ2n) is 8.58. The van der Waals surface area contributed by atoms with Gasteiger partial charge in [-0.3, -0.25) is 0 Å². The van der Waals surface area contributed by atoms with Gasteiger partial charge in [0.15, 0.2) is 0 Å². The van der Waals surface area contributed by atoms with E-state index in [2.05, 4.69) is 39.9 Å². The van der Waals surface area contributed by atoms with Gasteiger partial charge in [-0.1, -0.05) is 41.0 Å². The predicted octanol–water partition coefficient (Wildman–Crippen LogP) is 5.11. The summed E-state index contributed by atoms with van der Waals surface area (Å²) >= 11 is 0. The van der Waals surface area contributed by atoms with E-state index in [0.29, 0.717) is 6.04 Å². The molecule has 0 aliphatic heterocycles. The average Bonchev–Trinajstić information content (AvgIpc) is 2.36. The monoisotopic (exact) mass is 279 g/mol. The lowest BCUT2D eigenvalue weighted by molar-refractivity contribution is 0.0689. The largest absolute Gasteiger partial charge is 0.314 e. The molecule has 5 atom stereocenters. The van der Waals surface area contributed by atoms with Gasteiger partial charge in [-0.15, -0.1) is 0 Å². The highest BCUT2D eigenvalue weighted by atomic mass is 14.9. The van der Waals surface area contributed by atoms with Crippen molar-refractivity contribution in [2.24, 2.45) is 35.5 Å². The maximum Gasteiger partial charge on any atom is 0.00104 e. The molecule has 2 fully saturated rings. The first-order valence-electron chi connectivity index (χ1n) is 9.19. The van der Waals surface area contributed by atoms with Crippen molar-refractivity contribution < 1.29 is 0 Å². The van der Waals surface area contributed by atoms with Gasteiger partial charge in [0.2, 0.25) is 0 Å². The van der Waals surface area contributed by atoms with E-state index >= 15 is 0 Å². The molecular weight excluding hydrogens is 242 g/mol. The minimum Gasteiger partial charge on any atom is -0.314 e. The third-order valence-corrected chi connectivity index (χ3v) is 5.92. The van der Waals surface area contributed by atoms with Crippen molar-refractivity contribution in [3.05, 3.63) is 0 Å². The van der Waals surface area contributed by atoms with Crippen LogP contribution in [0.1, 0.15) is 73.1 Å². The molecule has 0 aromatic carbocycles. The van der Waals surface area contributed by atoms with Crippen LogP contribution in [0.15, 0.2) is 0 Å².